The molecule has 1 aliphatic heterocycles. The van der Waals surface area contributed by atoms with Gasteiger partial charge in [-0.1, -0.05) is 6.07 Å². The van der Waals surface area contributed by atoms with Crippen LogP contribution >= 0.6 is 0 Å². The van der Waals surface area contributed by atoms with Gasteiger partial charge in [-0.3, -0.25) is 0 Å². The maximum Gasteiger partial charge on any atom is 0.243 e. The van der Waals surface area contributed by atoms with Crippen LogP contribution < -0.4 is 10.2 Å². The third kappa shape index (κ3) is 4.64. The van der Waals surface area contributed by atoms with Gasteiger partial charge in [0.15, 0.2) is 0 Å². The zero-order valence-corrected chi connectivity index (χ0v) is 18.1. The van der Waals surface area contributed by atoms with E-state index >= 15 is 0 Å². The fourth-order valence-corrected chi connectivity index (χ4v) is 5.17. The highest BCUT2D eigenvalue weighted by molar-refractivity contribution is 7.89. The molecule has 31 heavy (non-hydrogen) atoms. The lowest BCUT2D eigenvalue weighted by Gasteiger charge is -2.35. The van der Waals surface area contributed by atoms with Crippen LogP contribution in [0.4, 0.5) is 21.8 Å². The zero-order valence-electron chi connectivity index (χ0n) is 17.3. The van der Waals surface area contributed by atoms with Gasteiger partial charge in [0.1, 0.15) is 29.1 Å². The van der Waals surface area contributed by atoms with Crippen LogP contribution in [0.5, 0.6) is 0 Å². The molecule has 0 aliphatic carbocycles. The van der Waals surface area contributed by atoms with Crippen molar-refractivity contribution in [3.05, 3.63) is 65.9 Å². The number of nitrogens with zero attached hydrogens (tertiary/aromatic N) is 5. The number of anilines is 3. The molecule has 4 rings (SSSR count). The first-order chi connectivity index (χ1) is 14.8. The van der Waals surface area contributed by atoms with Crippen molar-refractivity contribution >= 4 is 27.5 Å². The predicted molar refractivity (Wildman–Crippen MR) is 116 cm³/mol. The van der Waals surface area contributed by atoms with Crippen molar-refractivity contribution in [1.82, 2.24) is 19.3 Å². The molecule has 0 atom stereocenters. The average molecular weight is 443 g/mol. The van der Waals surface area contributed by atoms with Gasteiger partial charge < -0.3 is 10.2 Å². The van der Waals surface area contributed by atoms with Crippen LogP contribution in [0.3, 0.4) is 0 Å². The van der Waals surface area contributed by atoms with Crippen molar-refractivity contribution in [2.24, 2.45) is 0 Å². The molecule has 2 aromatic heterocycles. The van der Waals surface area contributed by atoms with Crippen LogP contribution in [0.25, 0.3) is 0 Å². The molecule has 0 radical (unpaired) electrons. The van der Waals surface area contributed by atoms with Gasteiger partial charge in [-0.05, 0) is 49.7 Å². The molecule has 162 valence electrons. The van der Waals surface area contributed by atoms with E-state index in [2.05, 4.69) is 20.3 Å². The number of nitrogens with one attached hydrogen (secondary N) is 1. The van der Waals surface area contributed by atoms with Crippen molar-refractivity contribution < 1.29 is 12.8 Å². The summed E-state index contributed by atoms with van der Waals surface area (Å²) >= 11 is 0. The number of sulfonamides is 1. The second-order valence-electron chi connectivity index (χ2n) is 7.30. The van der Waals surface area contributed by atoms with Gasteiger partial charge in [-0.25, -0.2) is 27.8 Å². The van der Waals surface area contributed by atoms with E-state index in [1.165, 1.54) is 22.5 Å². The van der Waals surface area contributed by atoms with Crippen LogP contribution in [0.1, 0.15) is 11.4 Å². The second kappa shape index (κ2) is 8.56. The van der Waals surface area contributed by atoms with Crippen molar-refractivity contribution in [2.75, 3.05) is 36.4 Å². The number of rotatable bonds is 5. The monoisotopic (exact) mass is 442 g/mol. The van der Waals surface area contributed by atoms with Gasteiger partial charge in [0, 0.05) is 38.4 Å². The number of pyridine rings is 1. The molecule has 3 heterocycles. The van der Waals surface area contributed by atoms with Crippen LogP contribution in [-0.2, 0) is 10.0 Å². The summed E-state index contributed by atoms with van der Waals surface area (Å²) in [7, 11) is -3.69. The molecule has 0 amide bonds. The van der Waals surface area contributed by atoms with Gasteiger partial charge in [0.05, 0.1) is 4.90 Å². The van der Waals surface area contributed by atoms with E-state index in [0.29, 0.717) is 49.2 Å². The van der Waals surface area contributed by atoms with E-state index in [-0.39, 0.29) is 4.90 Å². The zero-order chi connectivity index (χ0) is 22.0. The van der Waals surface area contributed by atoms with Crippen LogP contribution in [0.2, 0.25) is 0 Å². The predicted octanol–water partition coefficient (Wildman–Crippen LogP) is 2.88. The van der Waals surface area contributed by atoms with Gasteiger partial charge in [0.2, 0.25) is 10.0 Å². The number of hydrogen-bond acceptors (Lipinski definition) is 7. The molecule has 1 aliphatic rings. The largest absolute Gasteiger partial charge is 0.354 e. The lowest BCUT2D eigenvalue weighted by Crippen LogP contribution is -2.49. The molecule has 0 saturated carbocycles. The molecule has 10 heteroatoms. The average Bonchev–Trinajstić information content (AvgIpc) is 2.74. The Bertz CT molecular complexity index is 1180. The van der Waals surface area contributed by atoms with Gasteiger partial charge in [-0.15, -0.1) is 0 Å². The maximum absolute atomic E-state index is 13.4. The maximum atomic E-state index is 13.4. The quantitative estimate of drug-likeness (QED) is 0.650. The molecular weight excluding hydrogens is 419 g/mol. The van der Waals surface area contributed by atoms with Crippen LogP contribution in [0, 0.1) is 19.7 Å². The van der Waals surface area contributed by atoms with Gasteiger partial charge in [-0.2, -0.15) is 4.31 Å². The summed E-state index contributed by atoms with van der Waals surface area (Å²) in [5.74, 6) is 2.18. The Morgan fingerprint density at radius 1 is 0.968 bits per heavy atom. The number of aryl methyl sites for hydroxylation is 2. The fourth-order valence-electron chi connectivity index (χ4n) is 3.54. The number of piperazine rings is 1. The van der Waals surface area contributed by atoms with Gasteiger partial charge in [0.25, 0.3) is 0 Å². The summed E-state index contributed by atoms with van der Waals surface area (Å²) < 4.78 is 40.9. The normalized spacial score (nSPS) is 15.1. The minimum absolute atomic E-state index is 0.141. The first-order valence-electron chi connectivity index (χ1n) is 9.88. The molecule has 0 bridgehead atoms. The Morgan fingerprint density at radius 3 is 2.42 bits per heavy atom. The number of hydrogen-bond donors (Lipinski definition) is 1. The Kier molecular flexibility index (Phi) is 5.84. The smallest absolute Gasteiger partial charge is 0.243 e. The minimum Gasteiger partial charge on any atom is -0.354 e. The molecule has 0 spiro atoms. The molecule has 1 aromatic carbocycles. The summed E-state index contributed by atoms with van der Waals surface area (Å²) in [5.41, 5.74) is 0.402. The highest BCUT2D eigenvalue weighted by Gasteiger charge is 2.30. The second-order valence-corrected chi connectivity index (χ2v) is 9.21. The van der Waals surface area contributed by atoms with Crippen LogP contribution in [-0.4, -0.2) is 53.9 Å². The molecule has 3 aromatic rings. The lowest BCUT2D eigenvalue weighted by molar-refractivity contribution is 0.383. The molecule has 1 saturated heterocycles. The molecular formula is C21H23FN6O2S. The molecule has 1 N–H and O–H groups in total. The van der Waals surface area contributed by atoms with Crippen molar-refractivity contribution in [2.45, 2.75) is 18.7 Å². The van der Waals surface area contributed by atoms with Gasteiger partial charge >= 0.3 is 0 Å². The summed E-state index contributed by atoms with van der Waals surface area (Å²) in [6, 6.07) is 11.1. The Labute approximate surface area is 180 Å². The highest BCUT2D eigenvalue weighted by Crippen LogP contribution is 2.24. The van der Waals surface area contributed by atoms with Crippen LogP contribution in [0.15, 0.2) is 53.6 Å². The van der Waals surface area contributed by atoms with E-state index in [1.807, 2.05) is 36.1 Å². The summed E-state index contributed by atoms with van der Waals surface area (Å²) in [6.07, 6.45) is 1.69. The topological polar surface area (TPSA) is 91.3 Å². The van der Waals surface area contributed by atoms with E-state index in [1.54, 1.807) is 13.1 Å². The Hall–Kier alpha value is -3.11. The summed E-state index contributed by atoms with van der Waals surface area (Å²) in [6.45, 7) is 5.01. The number of benzene rings is 1. The highest BCUT2D eigenvalue weighted by atomic mass is 32.2. The lowest BCUT2D eigenvalue weighted by atomic mass is 10.2. The third-order valence-corrected chi connectivity index (χ3v) is 7.12. The van der Waals surface area contributed by atoms with E-state index in [0.717, 1.165) is 5.82 Å². The van der Waals surface area contributed by atoms with Crippen molar-refractivity contribution in [3.8, 4) is 0 Å². The van der Waals surface area contributed by atoms with Crippen molar-refractivity contribution in [1.29, 1.82) is 0 Å². The van der Waals surface area contributed by atoms with E-state index < -0.39 is 15.8 Å². The third-order valence-electron chi connectivity index (χ3n) is 5.06. The molecule has 8 nitrogen and oxygen atoms in total. The summed E-state index contributed by atoms with van der Waals surface area (Å²) in [5, 5.41) is 3.16. The van der Waals surface area contributed by atoms with Crippen molar-refractivity contribution in [3.63, 3.8) is 0 Å². The SMILES string of the molecule is Cc1nc(Nc2ccccn2)cc(N2CCN(S(=O)(=O)c3ccc(F)cc3C)CC2)n1. The first-order valence-corrected chi connectivity index (χ1v) is 11.3. The Morgan fingerprint density at radius 2 is 1.74 bits per heavy atom. The standard InChI is InChI=1S/C21H23FN6O2S/c1-15-13-17(22)6-7-18(15)31(29,30)28-11-9-27(10-12-28)21-14-20(24-16(2)25-21)26-19-5-3-4-8-23-19/h3-8,13-14H,9-12H2,1-2H3,(H,23,24,25,26). The molecule has 0 unspecified atom stereocenters. The first kappa shape index (κ1) is 21.1. The van der Waals surface area contributed by atoms with E-state index in [9.17, 15) is 12.8 Å². The Balaban J connectivity index is 1.48. The van der Waals surface area contributed by atoms with E-state index in [4.69, 9.17) is 0 Å². The molecule has 1 fully saturated rings. The fraction of sp³-hybridized carbons (Fsp3) is 0.286. The number of halogens is 1. The number of aromatic nitrogens is 3. The minimum atomic E-state index is -3.69. The summed E-state index contributed by atoms with van der Waals surface area (Å²) in [4.78, 5) is 15.3.